The second kappa shape index (κ2) is 8.00. The van der Waals surface area contributed by atoms with Gasteiger partial charge in [-0.05, 0) is 24.3 Å². The van der Waals surface area contributed by atoms with Crippen LogP contribution in [0.3, 0.4) is 0 Å². The third kappa shape index (κ3) is 4.39. The summed E-state index contributed by atoms with van der Waals surface area (Å²) in [5.41, 5.74) is -0.221. The Balaban J connectivity index is 2.40. The number of methoxy groups -OCH3 is 2. The average Bonchev–Trinajstić information content (AvgIpc) is 2.60. The number of carbonyl (C=O) groups excluding carboxylic acids is 1. The summed E-state index contributed by atoms with van der Waals surface area (Å²) in [6.45, 7) is -3.11. The summed E-state index contributed by atoms with van der Waals surface area (Å²) < 4.78 is 66.1. The lowest BCUT2D eigenvalue weighted by Crippen LogP contribution is -2.17. The van der Waals surface area contributed by atoms with Crippen molar-refractivity contribution in [3.05, 3.63) is 48.0 Å². The normalized spacial score (nSPS) is 11.1. The van der Waals surface area contributed by atoms with Crippen molar-refractivity contribution in [1.82, 2.24) is 0 Å². The first-order chi connectivity index (χ1) is 12.3. The number of rotatable bonds is 7. The summed E-state index contributed by atoms with van der Waals surface area (Å²) in [7, 11) is -1.82. The van der Waals surface area contributed by atoms with Crippen LogP contribution in [-0.4, -0.2) is 35.2 Å². The van der Waals surface area contributed by atoms with Gasteiger partial charge in [0, 0.05) is 6.07 Å². The summed E-state index contributed by atoms with van der Waals surface area (Å²) in [5, 5.41) is 0. The van der Waals surface area contributed by atoms with Crippen LogP contribution in [0.2, 0.25) is 0 Å². The van der Waals surface area contributed by atoms with E-state index < -0.39 is 22.6 Å². The molecule has 0 saturated carbocycles. The molecule has 0 aromatic heterocycles. The van der Waals surface area contributed by atoms with Gasteiger partial charge in [0.15, 0.2) is 11.5 Å². The van der Waals surface area contributed by atoms with Gasteiger partial charge in [-0.15, -0.1) is 0 Å². The highest BCUT2D eigenvalue weighted by atomic mass is 32.2. The van der Waals surface area contributed by atoms with Crippen molar-refractivity contribution < 1.29 is 36.2 Å². The minimum atomic E-state index is -4.20. The summed E-state index contributed by atoms with van der Waals surface area (Å²) >= 11 is 0. The quantitative estimate of drug-likeness (QED) is 0.735. The largest absolute Gasteiger partial charge is 0.493 e. The third-order valence-corrected chi connectivity index (χ3v) is 4.65. The van der Waals surface area contributed by atoms with E-state index in [0.717, 1.165) is 13.2 Å². The first-order valence-corrected chi connectivity index (χ1v) is 8.60. The second-order valence-electron chi connectivity index (χ2n) is 4.84. The number of anilines is 1. The van der Waals surface area contributed by atoms with Gasteiger partial charge in [-0.3, -0.25) is 4.72 Å². The van der Waals surface area contributed by atoms with E-state index in [2.05, 4.69) is 14.2 Å². The van der Waals surface area contributed by atoms with Crippen molar-refractivity contribution in [1.29, 1.82) is 0 Å². The number of hydrogen-bond acceptors (Lipinski definition) is 6. The standard InChI is InChI=1S/C16H15F2NO6S/c1-23-12-8-7-10(9-13(12)25-16(17)18)19-26(21,22)14-6-4-3-5-11(14)15(20)24-2/h3-9,16,19H,1-2H3. The van der Waals surface area contributed by atoms with Crippen LogP contribution in [0.4, 0.5) is 14.5 Å². The Bertz CT molecular complexity index is 901. The highest BCUT2D eigenvalue weighted by Gasteiger charge is 2.23. The van der Waals surface area contributed by atoms with E-state index in [1.54, 1.807) is 0 Å². The third-order valence-electron chi connectivity index (χ3n) is 3.21. The van der Waals surface area contributed by atoms with Crippen LogP contribution in [0, 0.1) is 0 Å². The molecule has 2 aromatic carbocycles. The van der Waals surface area contributed by atoms with Gasteiger partial charge in [0.1, 0.15) is 4.90 Å². The Morgan fingerprint density at radius 1 is 1.08 bits per heavy atom. The Kier molecular flexibility index (Phi) is 5.98. The Labute approximate surface area is 148 Å². The fraction of sp³-hybridized carbons (Fsp3) is 0.188. The topological polar surface area (TPSA) is 90.9 Å². The molecule has 0 unspecified atom stereocenters. The van der Waals surface area contributed by atoms with Gasteiger partial charge in [0.25, 0.3) is 10.0 Å². The average molecular weight is 387 g/mol. The monoisotopic (exact) mass is 387 g/mol. The number of alkyl halides is 2. The minimum absolute atomic E-state index is 0.00297. The van der Waals surface area contributed by atoms with E-state index in [4.69, 9.17) is 4.74 Å². The lowest BCUT2D eigenvalue weighted by molar-refractivity contribution is -0.0511. The fourth-order valence-electron chi connectivity index (χ4n) is 2.12. The van der Waals surface area contributed by atoms with Gasteiger partial charge < -0.3 is 14.2 Å². The van der Waals surface area contributed by atoms with Crippen molar-refractivity contribution in [3.63, 3.8) is 0 Å². The molecule has 10 heteroatoms. The molecule has 0 aliphatic rings. The highest BCUT2D eigenvalue weighted by Crippen LogP contribution is 2.32. The molecule has 0 heterocycles. The van der Waals surface area contributed by atoms with Crippen LogP contribution in [0.25, 0.3) is 0 Å². The Morgan fingerprint density at radius 3 is 2.38 bits per heavy atom. The highest BCUT2D eigenvalue weighted by molar-refractivity contribution is 7.92. The van der Waals surface area contributed by atoms with Gasteiger partial charge in [0.05, 0.1) is 25.5 Å². The van der Waals surface area contributed by atoms with E-state index in [-0.39, 0.29) is 27.6 Å². The van der Waals surface area contributed by atoms with E-state index in [1.807, 2.05) is 0 Å². The first-order valence-electron chi connectivity index (χ1n) is 7.11. The maximum Gasteiger partial charge on any atom is 0.387 e. The van der Waals surface area contributed by atoms with E-state index in [0.29, 0.717) is 0 Å². The molecule has 1 N–H and O–H groups in total. The Morgan fingerprint density at radius 2 is 1.77 bits per heavy atom. The predicted octanol–water partition coefficient (Wildman–Crippen LogP) is 2.88. The number of ether oxygens (including phenoxy) is 3. The van der Waals surface area contributed by atoms with Crippen molar-refractivity contribution in [2.75, 3.05) is 18.9 Å². The molecule has 2 aromatic rings. The molecule has 140 valence electrons. The molecule has 0 radical (unpaired) electrons. The van der Waals surface area contributed by atoms with Crippen LogP contribution in [0.1, 0.15) is 10.4 Å². The van der Waals surface area contributed by atoms with Gasteiger partial charge >= 0.3 is 12.6 Å². The number of halogens is 2. The van der Waals surface area contributed by atoms with Crippen molar-refractivity contribution in [3.8, 4) is 11.5 Å². The van der Waals surface area contributed by atoms with Crippen LogP contribution < -0.4 is 14.2 Å². The molecule has 0 aliphatic carbocycles. The zero-order valence-corrected chi connectivity index (χ0v) is 14.5. The van der Waals surface area contributed by atoms with Crippen molar-refractivity contribution >= 4 is 21.7 Å². The molecule has 0 fully saturated rings. The zero-order chi connectivity index (χ0) is 19.3. The van der Waals surface area contributed by atoms with E-state index in [9.17, 15) is 22.0 Å². The summed E-state index contributed by atoms with van der Waals surface area (Å²) in [6, 6.07) is 9.03. The minimum Gasteiger partial charge on any atom is -0.493 e. The van der Waals surface area contributed by atoms with Crippen LogP contribution in [-0.2, 0) is 14.8 Å². The number of esters is 1. The predicted molar refractivity (Wildman–Crippen MR) is 88.2 cm³/mol. The molecule has 26 heavy (non-hydrogen) atoms. The maximum atomic E-state index is 12.6. The van der Waals surface area contributed by atoms with Gasteiger partial charge in [-0.25, -0.2) is 13.2 Å². The number of sulfonamides is 1. The molecule has 0 amide bonds. The van der Waals surface area contributed by atoms with Gasteiger partial charge in [0.2, 0.25) is 0 Å². The first kappa shape index (κ1) is 19.4. The number of carbonyl (C=O) groups is 1. The van der Waals surface area contributed by atoms with Crippen LogP contribution in [0.5, 0.6) is 11.5 Å². The number of nitrogens with one attached hydrogen (secondary N) is 1. The van der Waals surface area contributed by atoms with Crippen molar-refractivity contribution in [2.45, 2.75) is 11.5 Å². The van der Waals surface area contributed by atoms with Gasteiger partial charge in [-0.2, -0.15) is 8.78 Å². The smallest absolute Gasteiger partial charge is 0.387 e. The molecule has 0 saturated heterocycles. The SMILES string of the molecule is COC(=O)c1ccccc1S(=O)(=O)Nc1ccc(OC)c(OC(F)F)c1. The van der Waals surface area contributed by atoms with Crippen LogP contribution in [0.15, 0.2) is 47.4 Å². The molecule has 2 rings (SSSR count). The second-order valence-corrected chi connectivity index (χ2v) is 6.49. The Hall–Kier alpha value is -2.88. The molecule has 0 spiro atoms. The number of hydrogen-bond donors (Lipinski definition) is 1. The molecule has 0 aliphatic heterocycles. The molecule has 0 bridgehead atoms. The van der Waals surface area contributed by atoms with Crippen LogP contribution >= 0.6 is 0 Å². The molecule has 0 atom stereocenters. The summed E-state index contributed by atoms with van der Waals surface area (Å²) in [5.74, 6) is -1.17. The zero-order valence-electron chi connectivity index (χ0n) is 13.7. The summed E-state index contributed by atoms with van der Waals surface area (Å²) in [6.07, 6.45) is 0. The van der Waals surface area contributed by atoms with E-state index in [1.165, 1.54) is 43.5 Å². The lowest BCUT2D eigenvalue weighted by atomic mass is 10.2. The fourth-order valence-corrected chi connectivity index (χ4v) is 3.36. The maximum absolute atomic E-state index is 12.6. The van der Waals surface area contributed by atoms with E-state index >= 15 is 0 Å². The van der Waals surface area contributed by atoms with Crippen molar-refractivity contribution in [2.24, 2.45) is 0 Å². The summed E-state index contributed by atoms with van der Waals surface area (Å²) in [4.78, 5) is 11.4. The number of benzene rings is 2. The lowest BCUT2D eigenvalue weighted by Gasteiger charge is -2.14. The molecule has 7 nitrogen and oxygen atoms in total. The molecular formula is C16H15F2NO6S. The van der Waals surface area contributed by atoms with Gasteiger partial charge in [-0.1, -0.05) is 12.1 Å². The molecular weight excluding hydrogens is 372 g/mol.